The van der Waals surface area contributed by atoms with Crippen molar-refractivity contribution in [3.63, 3.8) is 0 Å². The monoisotopic (exact) mass is 334 g/mol. The molecule has 20 heavy (non-hydrogen) atoms. The minimum Gasteiger partial charge on any atom is -0.294 e. The first kappa shape index (κ1) is 15.8. The van der Waals surface area contributed by atoms with Crippen LogP contribution in [0.25, 0.3) is 0 Å². The lowest BCUT2D eigenvalue weighted by Crippen LogP contribution is -2.31. The summed E-state index contributed by atoms with van der Waals surface area (Å²) in [7, 11) is -3.10. The van der Waals surface area contributed by atoms with Crippen LogP contribution in [0.3, 0.4) is 0 Å². The molecular formula is C14H16Cl2O3S. The molecule has 1 aromatic carbocycles. The van der Waals surface area contributed by atoms with E-state index in [1.807, 2.05) is 0 Å². The molecule has 1 fully saturated rings. The number of hydrogen-bond acceptors (Lipinski definition) is 3. The van der Waals surface area contributed by atoms with E-state index in [0.717, 1.165) is 6.42 Å². The van der Waals surface area contributed by atoms with Crippen LogP contribution < -0.4 is 0 Å². The van der Waals surface area contributed by atoms with Gasteiger partial charge in [-0.3, -0.25) is 4.79 Å². The maximum absolute atomic E-state index is 12.5. The summed E-state index contributed by atoms with van der Waals surface area (Å²) in [5.74, 6) is -0.398. The number of carbonyl (C=O) groups excluding carboxylic acids is 1. The number of ketones is 1. The molecule has 0 N–H and O–H groups in total. The highest BCUT2D eigenvalue weighted by molar-refractivity contribution is 7.91. The van der Waals surface area contributed by atoms with Crippen molar-refractivity contribution in [2.75, 3.05) is 6.26 Å². The van der Waals surface area contributed by atoms with Gasteiger partial charge in [0.05, 0.1) is 10.3 Å². The van der Waals surface area contributed by atoms with Crippen LogP contribution in [-0.4, -0.2) is 25.7 Å². The van der Waals surface area contributed by atoms with Gasteiger partial charge >= 0.3 is 0 Å². The maximum Gasteiger partial charge on any atom is 0.167 e. The number of benzene rings is 1. The molecule has 3 nitrogen and oxygen atoms in total. The van der Waals surface area contributed by atoms with E-state index >= 15 is 0 Å². The quantitative estimate of drug-likeness (QED) is 0.790. The van der Waals surface area contributed by atoms with Crippen molar-refractivity contribution < 1.29 is 13.2 Å². The van der Waals surface area contributed by atoms with Crippen LogP contribution in [0.1, 0.15) is 36.0 Å². The standard InChI is InChI=1S/C14H16Cl2O3S/c1-20(18,19)11-4-2-3-9(7-11)14(17)12-8-10(15)5-6-13(12)16/h5-6,8-9,11H,2-4,7H2,1H3. The van der Waals surface area contributed by atoms with Crippen LogP contribution in [-0.2, 0) is 9.84 Å². The number of rotatable bonds is 3. The molecule has 1 aromatic rings. The lowest BCUT2D eigenvalue weighted by Gasteiger charge is -2.27. The largest absolute Gasteiger partial charge is 0.294 e. The van der Waals surface area contributed by atoms with Gasteiger partial charge in [0.1, 0.15) is 9.84 Å². The van der Waals surface area contributed by atoms with E-state index in [-0.39, 0.29) is 11.7 Å². The molecule has 1 aliphatic carbocycles. The zero-order valence-corrected chi connectivity index (χ0v) is 13.4. The Morgan fingerprint density at radius 2 is 1.95 bits per heavy atom. The molecule has 1 saturated carbocycles. The summed E-state index contributed by atoms with van der Waals surface area (Å²) in [5, 5.41) is 0.386. The van der Waals surface area contributed by atoms with Crippen molar-refractivity contribution in [2.24, 2.45) is 5.92 Å². The van der Waals surface area contributed by atoms with Crippen molar-refractivity contribution in [3.05, 3.63) is 33.8 Å². The highest BCUT2D eigenvalue weighted by Gasteiger charge is 2.33. The molecule has 0 aromatic heterocycles. The smallest absolute Gasteiger partial charge is 0.167 e. The second kappa shape index (κ2) is 6.04. The molecule has 0 spiro atoms. The highest BCUT2D eigenvalue weighted by Crippen LogP contribution is 2.33. The van der Waals surface area contributed by atoms with Crippen molar-refractivity contribution in [3.8, 4) is 0 Å². The minimum absolute atomic E-state index is 0.106. The molecule has 6 heteroatoms. The normalized spacial score (nSPS) is 23.6. The Morgan fingerprint density at radius 3 is 2.60 bits per heavy atom. The lowest BCUT2D eigenvalue weighted by molar-refractivity contribution is 0.0891. The van der Waals surface area contributed by atoms with E-state index < -0.39 is 15.1 Å². The molecule has 110 valence electrons. The Morgan fingerprint density at radius 1 is 1.25 bits per heavy atom. The van der Waals surface area contributed by atoms with Gasteiger partial charge in [0.25, 0.3) is 0 Å². The average Bonchev–Trinajstić information content (AvgIpc) is 2.40. The van der Waals surface area contributed by atoms with E-state index in [1.165, 1.54) is 6.26 Å². The molecule has 0 aliphatic heterocycles. The topological polar surface area (TPSA) is 51.2 Å². The Bertz CT molecular complexity index is 625. The Labute approximate surface area is 129 Å². The van der Waals surface area contributed by atoms with Gasteiger partial charge in [0.2, 0.25) is 0 Å². The second-order valence-corrected chi connectivity index (χ2v) is 8.47. The van der Waals surface area contributed by atoms with Crippen molar-refractivity contribution in [2.45, 2.75) is 30.9 Å². The molecule has 0 bridgehead atoms. The molecule has 0 amide bonds. The van der Waals surface area contributed by atoms with Gasteiger partial charge in [-0.1, -0.05) is 29.6 Å². The minimum atomic E-state index is -3.10. The SMILES string of the molecule is CS(=O)(=O)C1CCCC(C(=O)c2cc(Cl)ccc2Cl)C1. The van der Waals surface area contributed by atoms with Gasteiger partial charge in [-0.15, -0.1) is 0 Å². The van der Waals surface area contributed by atoms with Gasteiger partial charge in [0.15, 0.2) is 5.78 Å². The molecule has 2 rings (SSSR count). The summed E-state index contributed by atoms with van der Waals surface area (Å²) in [6, 6.07) is 4.77. The van der Waals surface area contributed by atoms with Crippen LogP contribution >= 0.6 is 23.2 Å². The summed E-state index contributed by atoms with van der Waals surface area (Å²) < 4.78 is 23.3. The Kier molecular flexibility index (Phi) is 4.77. The van der Waals surface area contributed by atoms with Crippen molar-refractivity contribution >= 4 is 38.8 Å². The molecular weight excluding hydrogens is 319 g/mol. The number of sulfone groups is 1. The zero-order valence-electron chi connectivity index (χ0n) is 11.1. The van der Waals surface area contributed by atoms with E-state index in [1.54, 1.807) is 18.2 Å². The molecule has 0 heterocycles. The number of Topliss-reactive ketones (excluding diaryl/α,β-unsaturated/α-hetero) is 1. The Balaban J connectivity index is 2.23. The number of halogens is 2. The third-order valence-corrected chi connectivity index (χ3v) is 6.00. The predicted octanol–water partition coefficient (Wildman–Crippen LogP) is 3.78. The second-order valence-electron chi connectivity index (χ2n) is 5.30. The summed E-state index contributed by atoms with van der Waals surface area (Å²) >= 11 is 11.9. The third-order valence-electron chi connectivity index (χ3n) is 3.80. The van der Waals surface area contributed by atoms with Gasteiger partial charge < -0.3 is 0 Å². The number of hydrogen-bond donors (Lipinski definition) is 0. The summed E-state index contributed by atoms with van der Waals surface area (Å²) in [6.07, 6.45) is 3.68. The fourth-order valence-corrected chi connectivity index (χ4v) is 4.24. The highest BCUT2D eigenvalue weighted by atomic mass is 35.5. The molecule has 2 atom stereocenters. The van der Waals surface area contributed by atoms with E-state index in [4.69, 9.17) is 23.2 Å². The fourth-order valence-electron chi connectivity index (χ4n) is 2.68. The van der Waals surface area contributed by atoms with Gasteiger partial charge in [-0.25, -0.2) is 8.42 Å². The molecule has 0 saturated heterocycles. The van der Waals surface area contributed by atoms with Gasteiger partial charge in [-0.2, -0.15) is 0 Å². The van der Waals surface area contributed by atoms with E-state index in [0.29, 0.717) is 34.9 Å². The Hall–Kier alpha value is -0.580. The van der Waals surface area contributed by atoms with Crippen molar-refractivity contribution in [1.82, 2.24) is 0 Å². The summed E-state index contributed by atoms with van der Waals surface area (Å²) in [6.45, 7) is 0. The van der Waals surface area contributed by atoms with E-state index in [9.17, 15) is 13.2 Å². The maximum atomic E-state index is 12.5. The average molecular weight is 335 g/mol. The van der Waals surface area contributed by atoms with E-state index in [2.05, 4.69) is 0 Å². The first-order valence-corrected chi connectivity index (χ1v) is 9.18. The number of carbonyl (C=O) groups is 1. The van der Waals surface area contributed by atoms with Crippen molar-refractivity contribution in [1.29, 1.82) is 0 Å². The van der Waals surface area contributed by atoms with Gasteiger partial charge in [-0.05, 0) is 37.5 Å². The third kappa shape index (κ3) is 3.54. The van der Waals surface area contributed by atoms with Crippen LogP contribution in [0.2, 0.25) is 10.0 Å². The first-order valence-electron chi connectivity index (χ1n) is 6.47. The van der Waals surface area contributed by atoms with Crippen LogP contribution in [0.5, 0.6) is 0 Å². The molecule has 1 aliphatic rings. The molecule has 0 radical (unpaired) electrons. The van der Waals surface area contributed by atoms with Crippen LogP contribution in [0, 0.1) is 5.92 Å². The predicted molar refractivity (Wildman–Crippen MR) is 81.4 cm³/mol. The van der Waals surface area contributed by atoms with Crippen LogP contribution in [0.4, 0.5) is 0 Å². The first-order chi connectivity index (χ1) is 9.29. The van der Waals surface area contributed by atoms with Crippen LogP contribution in [0.15, 0.2) is 18.2 Å². The lowest BCUT2D eigenvalue weighted by atomic mass is 9.83. The summed E-state index contributed by atoms with van der Waals surface area (Å²) in [4.78, 5) is 12.5. The molecule has 2 unspecified atom stereocenters. The summed E-state index contributed by atoms with van der Waals surface area (Å²) in [5.41, 5.74) is 0.387. The fraction of sp³-hybridized carbons (Fsp3) is 0.500. The van der Waals surface area contributed by atoms with Gasteiger partial charge in [0, 0.05) is 22.8 Å². The zero-order chi connectivity index (χ0) is 14.9.